The van der Waals surface area contributed by atoms with Crippen molar-refractivity contribution in [3.63, 3.8) is 0 Å². The molecule has 2 rings (SSSR count). The maximum Gasteiger partial charge on any atom is 0.144 e. The van der Waals surface area contributed by atoms with E-state index in [0.29, 0.717) is 15.7 Å². The lowest BCUT2D eigenvalue weighted by molar-refractivity contribution is 0.651. The zero-order chi connectivity index (χ0) is 14.9. The van der Waals surface area contributed by atoms with E-state index in [9.17, 15) is 4.21 Å². The summed E-state index contributed by atoms with van der Waals surface area (Å²) >= 11 is 12.1. The average Bonchev–Trinajstić information content (AvgIpc) is 2.35. The second kappa shape index (κ2) is 5.80. The number of aromatic nitrogens is 1. The Morgan fingerprint density at radius 3 is 2.60 bits per heavy atom. The van der Waals surface area contributed by atoms with Crippen molar-refractivity contribution in [1.82, 2.24) is 4.98 Å². The van der Waals surface area contributed by atoms with Gasteiger partial charge in [0.2, 0.25) is 0 Å². The smallest absolute Gasteiger partial charge is 0.144 e. The average molecular weight is 329 g/mol. The van der Waals surface area contributed by atoms with Crippen LogP contribution in [0.3, 0.4) is 0 Å². The summed E-state index contributed by atoms with van der Waals surface area (Å²) in [7, 11) is -1.33. The summed E-state index contributed by atoms with van der Waals surface area (Å²) in [4.78, 5) is 4.27. The molecular weight excluding hydrogens is 315 g/mol. The van der Waals surface area contributed by atoms with Crippen molar-refractivity contribution in [3.8, 4) is 0 Å². The van der Waals surface area contributed by atoms with E-state index in [2.05, 4.69) is 9.38 Å². The Hall–Kier alpha value is -0.970. The van der Waals surface area contributed by atoms with Gasteiger partial charge in [-0.1, -0.05) is 23.2 Å². The van der Waals surface area contributed by atoms with E-state index in [1.165, 1.54) is 6.21 Å². The van der Waals surface area contributed by atoms with Crippen molar-refractivity contribution in [2.24, 2.45) is 4.40 Å². The molecule has 2 aromatic rings. The van der Waals surface area contributed by atoms with Crippen LogP contribution in [-0.4, -0.2) is 20.2 Å². The first-order valence-corrected chi connectivity index (χ1v) is 7.85. The standard InChI is InChI=1S/C14H14Cl2N2OS/c1-14(2,3)20(19)17-8-10-6-9-7-11(15)4-5-12(9)18-13(10)16/h4-8H,1-3H3/b17-8+. The van der Waals surface area contributed by atoms with Gasteiger partial charge in [-0.05, 0) is 45.0 Å². The summed E-state index contributed by atoms with van der Waals surface area (Å²) in [6.07, 6.45) is 1.50. The minimum Gasteiger partial charge on any atom is -0.235 e. The lowest BCUT2D eigenvalue weighted by Crippen LogP contribution is -2.19. The van der Waals surface area contributed by atoms with Crippen LogP contribution >= 0.6 is 23.2 Å². The highest BCUT2D eigenvalue weighted by Gasteiger charge is 2.18. The molecule has 0 aliphatic carbocycles. The molecule has 1 atom stereocenters. The van der Waals surface area contributed by atoms with E-state index in [-0.39, 0.29) is 0 Å². The predicted molar refractivity (Wildman–Crippen MR) is 87.3 cm³/mol. The third-order valence-electron chi connectivity index (χ3n) is 2.57. The van der Waals surface area contributed by atoms with Gasteiger partial charge in [-0.15, -0.1) is 0 Å². The quantitative estimate of drug-likeness (QED) is 0.604. The number of benzene rings is 1. The monoisotopic (exact) mass is 328 g/mol. The third kappa shape index (κ3) is 3.57. The van der Waals surface area contributed by atoms with Crippen molar-refractivity contribution in [3.05, 3.63) is 40.0 Å². The Morgan fingerprint density at radius 2 is 1.95 bits per heavy atom. The van der Waals surface area contributed by atoms with Crippen LogP contribution in [0.25, 0.3) is 10.9 Å². The van der Waals surface area contributed by atoms with Crippen LogP contribution in [0, 0.1) is 0 Å². The molecule has 1 heterocycles. The molecule has 1 aromatic carbocycles. The number of hydrogen-bond donors (Lipinski definition) is 0. The first-order valence-electron chi connectivity index (χ1n) is 5.99. The highest BCUT2D eigenvalue weighted by atomic mass is 35.5. The Labute approximate surface area is 130 Å². The number of halogens is 2. The van der Waals surface area contributed by atoms with Crippen molar-refractivity contribution in [1.29, 1.82) is 0 Å². The highest BCUT2D eigenvalue weighted by molar-refractivity contribution is 7.85. The van der Waals surface area contributed by atoms with E-state index in [1.54, 1.807) is 18.2 Å². The first-order chi connectivity index (χ1) is 9.27. The zero-order valence-corrected chi connectivity index (χ0v) is 13.7. The molecule has 0 radical (unpaired) electrons. The molecular formula is C14H14Cl2N2OS. The summed E-state index contributed by atoms with van der Waals surface area (Å²) in [6, 6.07) is 7.20. The maximum atomic E-state index is 11.9. The summed E-state index contributed by atoms with van der Waals surface area (Å²) in [5, 5.41) is 1.82. The molecule has 0 aliphatic rings. The Balaban J connectivity index is 2.42. The number of pyridine rings is 1. The van der Waals surface area contributed by atoms with Crippen molar-refractivity contribution in [2.75, 3.05) is 0 Å². The van der Waals surface area contributed by atoms with Crippen LogP contribution in [-0.2, 0) is 11.0 Å². The van der Waals surface area contributed by atoms with Gasteiger partial charge in [0.05, 0.1) is 10.3 Å². The molecule has 0 bridgehead atoms. The number of rotatable bonds is 2. The molecule has 0 saturated heterocycles. The van der Waals surface area contributed by atoms with Crippen LogP contribution < -0.4 is 0 Å². The van der Waals surface area contributed by atoms with Crippen molar-refractivity contribution >= 4 is 51.3 Å². The normalized spacial score (nSPS) is 14.1. The van der Waals surface area contributed by atoms with Crippen molar-refractivity contribution < 1.29 is 4.21 Å². The molecule has 0 aliphatic heterocycles. The van der Waals surface area contributed by atoms with E-state index in [0.717, 1.165) is 10.9 Å². The number of hydrogen-bond acceptors (Lipinski definition) is 2. The SMILES string of the molecule is CC(C)(C)S(=O)/N=C/c1cc2cc(Cl)ccc2nc1Cl. The van der Waals surface area contributed by atoms with Crippen molar-refractivity contribution in [2.45, 2.75) is 25.5 Å². The van der Waals surface area contributed by atoms with Gasteiger partial charge >= 0.3 is 0 Å². The number of fused-ring (bicyclic) bond motifs is 1. The fourth-order valence-electron chi connectivity index (χ4n) is 1.49. The Kier molecular flexibility index (Phi) is 4.47. The largest absolute Gasteiger partial charge is 0.235 e. The molecule has 0 saturated carbocycles. The minimum atomic E-state index is -1.33. The molecule has 0 spiro atoms. The second-order valence-corrected chi connectivity index (χ2v) is 8.03. The fraction of sp³-hybridized carbons (Fsp3) is 0.286. The molecule has 0 amide bonds. The van der Waals surface area contributed by atoms with Gasteiger partial charge in [0.1, 0.15) is 16.1 Å². The molecule has 20 heavy (non-hydrogen) atoms. The van der Waals surface area contributed by atoms with E-state index < -0.39 is 15.7 Å². The summed E-state index contributed by atoms with van der Waals surface area (Å²) in [5.41, 5.74) is 1.38. The summed E-state index contributed by atoms with van der Waals surface area (Å²) in [5.74, 6) is 0. The lowest BCUT2D eigenvalue weighted by atomic mass is 10.2. The summed E-state index contributed by atoms with van der Waals surface area (Å²) < 4.78 is 15.5. The molecule has 3 nitrogen and oxygen atoms in total. The molecule has 106 valence electrons. The molecule has 0 fully saturated rings. The van der Waals surface area contributed by atoms with Gasteiger partial charge in [0.15, 0.2) is 0 Å². The topological polar surface area (TPSA) is 42.3 Å². The Morgan fingerprint density at radius 1 is 1.25 bits per heavy atom. The van der Waals surface area contributed by atoms with E-state index in [1.807, 2.05) is 26.8 Å². The minimum absolute atomic E-state index is 0.328. The molecule has 1 aromatic heterocycles. The number of nitrogens with zero attached hydrogens (tertiary/aromatic N) is 2. The highest BCUT2D eigenvalue weighted by Crippen LogP contribution is 2.23. The van der Waals surface area contributed by atoms with E-state index in [4.69, 9.17) is 23.2 Å². The van der Waals surface area contributed by atoms with Gasteiger partial charge < -0.3 is 0 Å². The molecule has 6 heteroatoms. The molecule has 0 N–H and O–H groups in total. The van der Waals surface area contributed by atoms with E-state index >= 15 is 0 Å². The third-order valence-corrected chi connectivity index (χ3v) is 4.45. The van der Waals surface area contributed by atoms with Gasteiger partial charge in [-0.3, -0.25) is 0 Å². The van der Waals surface area contributed by atoms with Crippen LogP contribution in [0.5, 0.6) is 0 Å². The first kappa shape index (κ1) is 15.4. The van der Waals surface area contributed by atoms with Crippen LogP contribution in [0.4, 0.5) is 0 Å². The molecule has 1 unspecified atom stereocenters. The fourth-order valence-corrected chi connectivity index (χ4v) is 2.39. The predicted octanol–water partition coefficient (Wildman–Crippen LogP) is 4.42. The van der Waals surface area contributed by atoms with Crippen LogP contribution in [0.2, 0.25) is 10.2 Å². The maximum absolute atomic E-state index is 11.9. The Bertz CT molecular complexity index is 708. The van der Waals surface area contributed by atoms with Crippen LogP contribution in [0.1, 0.15) is 26.3 Å². The summed E-state index contributed by atoms with van der Waals surface area (Å²) in [6.45, 7) is 5.58. The van der Waals surface area contributed by atoms with Gasteiger partial charge in [-0.25, -0.2) is 9.19 Å². The van der Waals surface area contributed by atoms with Crippen LogP contribution in [0.15, 0.2) is 28.7 Å². The second-order valence-electron chi connectivity index (χ2n) is 5.30. The van der Waals surface area contributed by atoms with Gasteiger partial charge in [0, 0.05) is 22.2 Å². The lowest BCUT2D eigenvalue weighted by Gasteiger charge is -2.12. The van der Waals surface area contributed by atoms with Gasteiger partial charge in [-0.2, -0.15) is 4.40 Å². The zero-order valence-electron chi connectivity index (χ0n) is 11.4. The van der Waals surface area contributed by atoms with Gasteiger partial charge in [0.25, 0.3) is 0 Å².